The molecule has 0 amide bonds. The summed E-state index contributed by atoms with van der Waals surface area (Å²) in [5, 5.41) is 18.9. The Morgan fingerprint density at radius 3 is 0.733 bits per heavy atom. The van der Waals surface area contributed by atoms with Gasteiger partial charge in [0, 0.05) is 0 Å². The standard InChI is InChI=1S/C40H80O4S/c1-3-5-7-9-11-13-15-17-19-20-22-24-26-28-30-32-36-45(37-33-39(41)42,38-34-40(43)44)35-31-29-27-25-23-21-18-16-14-12-10-8-6-4-2/h3-38H2,1-2H3,(H,41,42)(H,43,44). The van der Waals surface area contributed by atoms with Crippen molar-refractivity contribution >= 4 is 22.0 Å². The molecule has 0 rings (SSSR count). The SMILES string of the molecule is CCCCCCCCCCCCCCCCCCS(CCCCCCCCCCCCCCCC)(CCC(=O)O)CCC(=O)O. The molecular weight excluding hydrogens is 577 g/mol. The van der Waals surface area contributed by atoms with Gasteiger partial charge in [0.1, 0.15) is 0 Å². The maximum Gasteiger partial charge on any atom is 0.304 e. The van der Waals surface area contributed by atoms with Crippen molar-refractivity contribution in [3.63, 3.8) is 0 Å². The summed E-state index contributed by atoms with van der Waals surface area (Å²) in [5.41, 5.74) is 0. The van der Waals surface area contributed by atoms with E-state index in [-0.39, 0.29) is 12.8 Å². The zero-order chi connectivity index (χ0) is 33.1. The number of aliphatic carboxylic acids is 2. The lowest BCUT2D eigenvalue weighted by molar-refractivity contribution is -0.137. The van der Waals surface area contributed by atoms with Gasteiger partial charge in [0.2, 0.25) is 0 Å². The van der Waals surface area contributed by atoms with E-state index in [4.69, 9.17) is 0 Å². The molecular formula is C40H80O4S. The Labute approximate surface area is 283 Å². The minimum atomic E-state index is -1.18. The summed E-state index contributed by atoms with van der Waals surface area (Å²) in [7, 11) is -1.18. The molecule has 0 spiro atoms. The number of hydrogen-bond donors (Lipinski definition) is 2. The number of rotatable bonds is 38. The molecule has 0 aromatic carbocycles. The second-order valence-corrected chi connectivity index (χ2v) is 18.3. The lowest BCUT2D eigenvalue weighted by atomic mass is 10.0. The Hall–Kier alpha value is -0.710. The molecule has 0 heterocycles. The Morgan fingerprint density at radius 1 is 0.333 bits per heavy atom. The van der Waals surface area contributed by atoms with Gasteiger partial charge in [-0.3, -0.25) is 9.59 Å². The molecule has 0 aliphatic rings. The van der Waals surface area contributed by atoms with E-state index in [1.807, 2.05) is 0 Å². The van der Waals surface area contributed by atoms with E-state index in [1.165, 1.54) is 180 Å². The smallest absolute Gasteiger partial charge is 0.304 e. The number of carbonyl (C=O) groups is 2. The van der Waals surface area contributed by atoms with Crippen molar-refractivity contribution in [2.45, 2.75) is 219 Å². The van der Waals surface area contributed by atoms with E-state index in [1.54, 1.807) is 0 Å². The summed E-state index contributed by atoms with van der Waals surface area (Å²) in [6.07, 6.45) is 40.8. The van der Waals surface area contributed by atoms with Crippen LogP contribution in [0.1, 0.15) is 219 Å². The summed E-state index contributed by atoms with van der Waals surface area (Å²) in [6, 6.07) is 0. The second kappa shape index (κ2) is 34.6. The highest BCUT2D eigenvalue weighted by atomic mass is 32.3. The fourth-order valence-corrected chi connectivity index (χ4v) is 10.9. The lowest BCUT2D eigenvalue weighted by Crippen LogP contribution is -2.21. The Balaban J connectivity index is 4.17. The van der Waals surface area contributed by atoms with Crippen LogP contribution >= 0.6 is 10.0 Å². The second-order valence-electron chi connectivity index (χ2n) is 14.2. The van der Waals surface area contributed by atoms with E-state index in [2.05, 4.69) is 13.8 Å². The summed E-state index contributed by atoms with van der Waals surface area (Å²) in [4.78, 5) is 23.0. The van der Waals surface area contributed by atoms with Crippen molar-refractivity contribution in [2.24, 2.45) is 0 Å². The number of carboxylic acids is 2. The van der Waals surface area contributed by atoms with Crippen LogP contribution in [0.25, 0.3) is 0 Å². The third-order valence-electron chi connectivity index (χ3n) is 9.86. The van der Waals surface area contributed by atoms with E-state index >= 15 is 0 Å². The van der Waals surface area contributed by atoms with Gasteiger partial charge in [-0.2, -0.15) is 0 Å². The zero-order valence-electron chi connectivity index (χ0n) is 30.6. The maximum atomic E-state index is 11.5. The highest BCUT2D eigenvalue weighted by molar-refractivity contribution is 8.33. The van der Waals surface area contributed by atoms with E-state index in [0.717, 1.165) is 24.3 Å². The fraction of sp³-hybridized carbons (Fsp3) is 0.950. The first-order valence-electron chi connectivity index (χ1n) is 20.1. The molecule has 0 fully saturated rings. The van der Waals surface area contributed by atoms with Gasteiger partial charge < -0.3 is 10.2 Å². The first-order chi connectivity index (χ1) is 22.0. The molecule has 0 atom stereocenters. The van der Waals surface area contributed by atoms with Crippen LogP contribution in [0.2, 0.25) is 0 Å². The molecule has 4 nitrogen and oxygen atoms in total. The zero-order valence-corrected chi connectivity index (χ0v) is 31.4. The molecule has 45 heavy (non-hydrogen) atoms. The van der Waals surface area contributed by atoms with Gasteiger partial charge in [0.15, 0.2) is 0 Å². The van der Waals surface area contributed by atoms with E-state index < -0.39 is 22.0 Å². The van der Waals surface area contributed by atoms with Gasteiger partial charge in [-0.15, -0.1) is 0 Å². The van der Waals surface area contributed by atoms with Gasteiger partial charge in [0.25, 0.3) is 0 Å². The third-order valence-corrected chi connectivity index (χ3v) is 14.3. The lowest BCUT2D eigenvalue weighted by Gasteiger charge is -2.40. The molecule has 270 valence electrons. The van der Waals surface area contributed by atoms with Crippen molar-refractivity contribution in [1.29, 1.82) is 0 Å². The molecule has 0 radical (unpaired) electrons. The van der Waals surface area contributed by atoms with Crippen molar-refractivity contribution in [3.8, 4) is 0 Å². The first-order valence-corrected chi connectivity index (χ1v) is 22.4. The molecule has 0 aliphatic heterocycles. The highest BCUT2D eigenvalue weighted by Crippen LogP contribution is 2.51. The van der Waals surface area contributed by atoms with Gasteiger partial charge in [-0.25, -0.2) is 10.0 Å². The maximum absolute atomic E-state index is 11.5. The summed E-state index contributed by atoms with van der Waals surface area (Å²) >= 11 is 0. The van der Waals surface area contributed by atoms with Crippen molar-refractivity contribution in [3.05, 3.63) is 0 Å². The first kappa shape index (κ1) is 44.3. The molecule has 5 heteroatoms. The van der Waals surface area contributed by atoms with Crippen LogP contribution in [0.3, 0.4) is 0 Å². The highest BCUT2D eigenvalue weighted by Gasteiger charge is 2.25. The summed E-state index contributed by atoms with van der Waals surface area (Å²) in [6.45, 7) is 4.56. The monoisotopic (exact) mass is 657 g/mol. The van der Waals surface area contributed by atoms with Crippen molar-refractivity contribution in [1.82, 2.24) is 0 Å². The summed E-state index contributed by atoms with van der Waals surface area (Å²) < 4.78 is 0. The average molecular weight is 657 g/mol. The topological polar surface area (TPSA) is 74.6 Å². The van der Waals surface area contributed by atoms with Gasteiger partial charge >= 0.3 is 11.9 Å². The van der Waals surface area contributed by atoms with Crippen LogP contribution in [0.5, 0.6) is 0 Å². The minimum absolute atomic E-state index is 0.201. The van der Waals surface area contributed by atoms with Crippen LogP contribution in [-0.4, -0.2) is 45.2 Å². The number of hydrogen-bond acceptors (Lipinski definition) is 2. The summed E-state index contributed by atoms with van der Waals surface area (Å²) in [5.74, 6) is 2.12. The van der Waals surface area contributed by atoms with Crippen molar-refractivity contribution < 1.29 is 19.8 Å². The largest absolute Gasteiger partial charge is 0.481 e. The molecule has 0 bridgehead atoms. The van der Waals surface area contributed by atoms with E-state index in [0.29, 0.717) is 11.5 Å². The van der Waals surface area contributed by atoms with Crippen LogP contribution < -0.4 is 0 Å². The van der Waals surface area contributed by atoms with Gasteiger partial charge in [-0.05, 0) is 35.9 Å². The van der Waals surface area contributed by atoms with Crippen LogP contribution in [0.4, 0.5) is 0 Å². The Morgan fingerprint density at radius 2 is 0.533 bits per heavy atom. The number of unbranched alkanes of at least 4 members (excludes halogenated alkanes) is 28. The quantitative estimate of drug-likeness (QED) is 0.0648. The Kier molecular flexibility index (Phi) is 34.1. The molecule has 0 aromatic rings. The molecule has 0 aromatic heterocycles. The fourth-order valence-electron chi connectivity index (χ4n) is 6.78. The molecule has 2 N–H and O–H groups in total. The van der Waals surface area contributed by atoms with Crippen LogP contribution in [0, 0.1) is 0 Å². The minimum Gasteiger partial charge on any atom is -0.481 e. The predicted molar refractivity (Wildman–Crippen MR) is 201 cm³/mol. The average Bonchev–Trinajstić information content (AvgIpc) is 3.02. The molecule has 0 saturated carbocycles. The van der Waals surface area contributed by atoms with Crippen LogP contribution in [0.15, 0.2) is 0 Å². The van der Waals surface area contributed by atoms with Crippen molar-refractivity contribution in [2.75, 3.05) is 23.0 Å². The normalized spacial score (nSPS) is 12.1. The predicted octanol–water partition coefficient (Wildman–Crippen LogP) is 13.5. The van der Waals surface area contributed by atoms with E-state index in [9.17, 15) is 19.8 Å². The molecule has 0 saturated heterocycles. The molecule has 0 unspecified atom stereocenters. The third kappa shape index (κ3) is 33.0. The number of carboxylic acid groups (broad SMARTS) is 2. The molecule has 0 aliphatic carbocycles. The van der Waals surface area contributed by atoms with Gasteiger partial charge in [-0.1, -0.05) is 194 Å². The Bertz CT molecular complexity index is 620. The van der Waals surface area contributed by atoms with Gasteiger partial charge in [0.05, 0.1) is 12.8 Å². The van der Waals surface area contributed by atoms with Crippen LogP contribution in [-0.2, 0) is 9.59 Å².